The normalized spacial score (nSPS) is 13.3. The zero-order chi connectivity index (χ0) is 16.3. The summed E-state index contributed by atoms with van der Waals surface area (Å²) >= 11 is 0. The third kappa shape index (κ3) is 3.53. The maximum Gasteiger partial charge on any atom is 0.408 e. The molecule has 0 aliphatic heterocycles. The number of hydrogen-bond donors (Lipinski definition) is 1. The summed E-state index contributed by atoms with van der Waals surface area (Å²) in [5, 5.41) is 0.284. The van der Waals surface area contributed by atoms with Gasteiger partial charge in [-0.15, -0.1) is 0 Å². The average molecular weight is 324 g/mol. The first-order chi connectivity index (χ1) is 11.1. The minimum atomic E-state index is -3.88. The largest absolute Gasteiger partial charge is 0.421 e. The predicted molar refractivity (Wildman–Crippen MR) is 93.1 cm³/mol. The van der Waals surface area contributed by atoms with Gasteiger partial charge in [-0.3, -0.25) is 0 Å². The van der Waals surface area contributed by atoms with Gasteiger partial charge in [-0.2, -0.15) is 0 Å². The first-order valence-electron chi connectivity index (χ1n) is 7.30. The lowest BCUT2D eigenvalue weighted by Gasteiger charge is -2.16. The highest BCUT2D eigenvalue weighted by Crippen LogP contribution is 2.43. The van der Waals surface area contributed by atoms with Crippen molar-refractivity contribution in [3.63, 3.8) is 0 Å². The van der Waals surface area contributed by atoms with Gasteiger partial charge in [-0.1, -0.05) is 54.6 Å². The molecule has 0 heterocycles. The van der Waals surface area contributed by atoms with Crippen LogP contribution in [-0.2, 0) is 4.57 Å². The third-order valence-corrected chi connectivity index (χ3v) is 4.98. The van der Waals surface area contributed by atoms with Crippen molar-refractivity contribution in [1.82, 2.24) is 0 Å². The molecule has 116 valence electrons. The molecule has 3 rings (SSSR count). The Bertz CT molecular complexity index is 845. The van der Waals surface area contributed by atoms with Gasteiger partial charge >= 0.3 is 7.60 Å². The fraction of sp³-hybridized carbons (Fsp3) is 0.0526. The van der Waals surface area contributed by atoms with E-state index in [1.807, 2.05) is 49.4 Å². The summed E-state index contributed by atoms with van der Waals surface area (Å²) in [7, 11) is -3.88. The van der Waals surface area contributed by atoms with Crippen LogP contribution in [0.4, 0.5) is 0 Å². The first kappa shape index (κ1) is 15.5. The molecule has 1 unspecified atom stereocenters. The van der Waals surface area contributed by atoms with Crippen LogP contribution < -0.4 is 9.83 Å². The second kappa shape index (κ2) is 6.41. The van der Waals surface area contributed by atoms with Crippen LogP contribution in [0.25, 0.3) is 11.1 Å². The summed E-state index contributed by atoms with van der Waals surface area (Å²) in [5.41, 5.74) is 2.96. The van der Waals surface area contributed by atoms with Crippen LogP contribution >= 0.6 is 7.60 Å². The van der Waals surface area contributed by atoms with Crippen LogP contribution in [0.5, 0.6) is 5.75 Å². The van der Waals surface area contributed by atoms with Crippen molar-refractivity contribution in [3.05, 3.63) is 84.4 Å². The molecule has 0 aromatic heterocycles. The molecule has 0 bridgehead atoms. The van der Waals surface area contributed by atoms with E-state index in [0.717, 1.165) is 16.7 Å². The Morgan fingerprint density at radius 2 is 1.43 bits per heavy atom. The van der Waals surface area contributed by atoms with Gasteiger partial charge in [0, 0.05) is 0 Å². The second-order valence-electron chi connectivity index (χ2n) is 5.29. The Labute approximate surface area is 135 Å². The number of hydrogen-bond acceptors (Lipinski definition) is 2. The lowest BCUT2D eigenvalue weighted by atomic mass is 10.0. The van der Waals surface area contributed by atoms with Crippen molar-refractivity contribution >= 4 is 12.9 Å². The quantitative estimate of drug-likeness (QED) is 0.716. The van der Waals surface area contributed by atoms with E-state index in [1.54, 1.807) is 36.4 Å². The van der Waals surface area contributed by atoms with E-state index < -0.39 is 7.60 Å². The first-order valence-corrected chi connectivity index (χ1v) is 8.88. The number of benzene rings is 3. The maximum atomic E-state index is 12.4. The Morgan fingerprint density at radius 1 is 0.826 bits per heavy atom. The summed E-state index contributed by atoms with van der Waals surface area (Å²) in [4.78, 5) is 10.2. The summed E-state index contributed by atoms with van der Waals surface area (Å²) in [5.74, 6) is 0.416. The van der Waals surface area contributed by atoms with E-state index >= 15 is 0 Å². The second-order valence-corrected chi connectivity index (χ2v) is 7.03. The Kier molecular flexibility index (Phi) is 4.33. The Balaban J connectivity index is 1.89. The molecule has 3 aromatic rings. The molecule has 0 fully saturated rings. The predicted octanol–water partition coefficient (Wildman–Crippen LogP) is 4.55. The van der Waals surface area contributed by atoms with Crippen LogP contribution in [-0.4, -0.2) is 4.89 Å². The molecule has 0 aliphatic rings. The fourth-order valence-corrected chi connectivity index (χ4v) is 3.49. The third-order valence-electron chi connectivity index (χ3n) is 3.59. The van der Waals surface area contributed by atoms with Crippen LogP contribution in [0, 0.1) is 6.92 Å². The van der Waals surface area contributed by atoms with E-state index in [9.17, 15) is 9.46 Å². The summed E-state index contributed by atoms with van der Waals surface area (Å²) < 4.78 is 17.8. The van der Waals surface area contributed by atoms with Gasteiger partial charge in [-0.05, 0) is 47.9 Å². The van der Waals surface area contributed by atoms with Gasteiger partial charge in [0.25, 0.3) is 0 Å². The van der Waals surface area contributed by atoms with E-state index in [2.05, 4.69) is 0 Å². The van der Waals surface area contributed by atoms with Gasteiger partial charge in [0.05, 0.1) is 5.30 Å². The topological polar surface area (TPSA) is 46.5 Å². The standard InChI is InChI=1S/C19H17O3P/c1-15-14-17(16-8-4-2-5-9-16)12-13-19(15)22-23(20,21)18-10-6-3-7-11-18/h2-14H,1H3,(H,20,21). The summed E-state index contributed by atoms with van der Waals surface area (Å²) in [6, 6.07) is 24.0. The van der Waals surface area contributed by atoms with Crippen LogP contribution in [0.15, 0.2) is 78.9 Å². The van der Waals surface area contributed by atoms with Crippen LogP contribution in [0.2, 0.25) is 0 Å². The fourth-order valence-electron chi connectivity index (χ4n) is 2.36. The van der Waals surface area contributed by atoms with Crippen molar-refractivity contribution in [3.8, 4) is 16.9 Å². The highest BCUT2D eigenvalue weighted by atomic mass is 31.2. The molecule has 1 atom stereocenters. The van der Waals surface area contributed by atoms with Crippen molar-refractivity contribution in [2.45, 2.75) is 6.92 Å². The van der Waals surface area contributed by atoms with E-state index in [4.69, 9.17) is 4.52 Å². The smallest absolute Gasteiger partial charge is 0.408 e. The Hall–Kier alpha value is -2.35. The monoisotopic (exact) mass is 324 g/mol. The van der Waals surface area contributed by atoms with Gasteiger partial charge in [0.1, 0.15) is 5.75 Å². The van der Waals surface area contributed by atoms with Gasteiger partial charge in [0.2, 0.25) is 0 Å². The molecule has 4 heteroatoms. The van der Waals surface area contributed by atoms with Gasteiger partial charge in [-0.25, -0.2) is 4.57 Å². The van der Waals surface area contributed by atoms with E-state index in [0.29, 0.717) is 5.75 Å². The lowest BCUT2D eigenvalue weighted by Crippen LogP contribution is -2.08. The maximum absolute atomic E-state index is 12.4. The molecule has 0 saturated heterocycles. The molecule has 23 heavy (non-hydrogen) atoms. The molecule has 0 aliphatic carbocycles. The molecule has 3 nitrogen and oxygen atoms in total. The lowest BCUT2D eigenvalue weighted by molar-refractivity contribution is 0.392. The zero-order valence-electron chi connectivity index (χ0n) is 12.7. The van der Waals surface area contributed by atoms with Crippen molar-refractivity contribution in [2.75, 3.05) is 0 Å². The van der Waals surface area contributed by atoms with Crippen LogP contribution in [0.3, 0.4) is 0 Å². The molecule has 0 spiro atoms. The Morgan fingerprint density at radius 3 is 2.04 bits per heavy atom. The highest BCUT2D eigenvalue weighted by Gasteiger charge is 2.24. The van der Waals surface area contributed by atoms with Crippen molar-refractivity contribution in [2.24, 2.45) is 0 Å². The molecule has 0 saturated carbocycles. The minimum Gasteiger partial charge on any atom is -0.421 e. The van der Waals surface area contributed by atoms with Crippen molar-refractivity contribution < 1.29 is 14.0 Å². The zero-order valence-corrected chi connectivity index (χ0v) is 13.6. The van der Waals surface area contributed by atoms with E-state index in [1.165, 1.54) is 0 Å². The molecule has 0 amide bonds. The summed E-state index contributed by atoms with van der Waals surface area (Å²) in [6.45, 7) is 1.87. The molecular formula is C19H17O3P. The molecular weight excluding hydrogens is 307 g/mol. The minimum absolute atomic E-state index is 0.284. The molecule has 1 N–H and O–H groups in total. The van der Waals surface area contributed by atoms with Crippen molar-refractivity contribution in [1.29, 1.82) is 0 Å². The van der Waals surface area contributed by atoms with Gasteiger partial charge < -0.3 is 9.42 Å². The van der Waals surface area contributed by atoms with Gasteiger partial charge in [0.15, 0.2) is 0 Å². The summed E-state index contributed by atoms with van der Waals surface area (Å²) in [6.07, 6.45) is 0. The van der Waals surface area contributed by atoms with Crippen LogP contribution in [0.1, 0.15) is 5.56 Å². The highest BCUT2D eigenvalue weighted by molar-refractivity contribution is 7.61. The SMILES string of the molecule is Cc1cc(-c2ccccc2)ccc1OP(=O)(O)c1ccccc1. The average Bonchev–Trinajstić information content (AvgIpc) is 2.58. The molecule has 3 aromatic carbocycles. The van der Waals surface area contributed by atoms with E-state index in [-0.39, 0.29) is 5.30 Å². The molecule has 0 radical (unpaired) electrons. The number of rotatable bonds is 4. The number of aryl methyl sites for hydroxylation is 1.